The fraction of sp³-hybridized carbons (Fsp3) is 0. The third kappa shape index (κ3) is 5.66. The lowest BCUT2D eigenvalue weighted by Gasteiger charge is -2.27. The zero-order valence-electron chi connectivity index (χ0n) is 31.0. The van der Waals surface area contributed by atoms with Crippen LogP contribution in [-0.4, -0.2) is 9.55 Å². The summed E-state index contributed by atoms with van der Waals surface area (Å²) in [6, 6.07) is 75.3. The Kier molecular flexibility index (Phi) is 7.78. The molecule has 2 aromatic heterocycles. The highest BCUT2D eigenvalue weighted by Gasteiger charge is 2.21. The summed E-state index contributed by atoms with van der Waals surface area (Å²) >= 11 is 0. The summed E-state index contributed by atoms with van der Waals surface area (Å²) in [5.74, 6) is 0.631. The van der Waals surface area contributed by atoms with E-state index < -0.39 is 0 Å². The van der Waals surface area contributed by atoms with E-state index in [1.54, 1.807) is 0 Å². The second kappa shape index (κ2) is 13.6. The molecule has 0 unspecified atom stereocenters. The van der Waals surface area contributed by atoms with Crippen molar-refractivity contribution >= 4 is 60.7 Å². The normalized spacial score (nSPS) is 11.5. The maximum atomic E-state index is 6.42. The Hall–Kier alpha value is -7.69. The molecule has 268 valence electrons. The van der Waals surface area contributed by atoms with Crippen molar-refractivity contribution in [1.82, 2.24) is 9.55 Å². The predicted molar refractivity (Wildman–Crippen MR) is 237 cm³/mol. The van der Waals surface area contributed by atoms with E-state index in [4.69, 9.17) is 9.40 Å². The van der Waals surface area contributed by atoms with E-state index >= 15 is 0 Å². The summed E-state index contributed by atoms with van der Waals surface area (Å²) in [5.41, 5.74) is 14.0. The van der Waals surface area contributed by atoms with Crippen LogP contribution < -0.4 is 4.90 Å². The highest BCUT2D eigenvalue weighted by molar-refractivity contribution is 6.16. The lowest BCUT2D eigenvalue weighted by atomic mass is 10.00. The lowest BCUT2D eigenvalue weighted by Crippen LogP contribution is -2.10. The molecule has 11 rings (SSSR count). The number of benzene rings is 9. The van der Waals surface area contributed by atoms with Gasteiger partial charge in [-0.3, -0.25) is 0 Å². The van der Waals surface area contributed by atoms with Gasteiger partial charge in [0.05, 0.1) is 16.7 Å². The van der Waals surface area contributed by atoms with Gasteiger partial charge in [-0.25, -0.2) is 4.98 Å². The molecule has 0 saturated carbocycles. The monoisotopic (exact) mass is 729 g/mol. The summed E-state index contributed by atoms with van der Waals surface area (Å²) in [4.78, 5) is 7.23. The van der Waals surface area contributed by atoms with Crippen LogP contribution >= 0.6 is 0 Å². The van der Waals surface area contributed by atoms with Crippen LogP contribution in [0, 0.1) is 0 Å². The Morgan fingerprint density at radius 1 is 0.421 bits per heavy atom. The number of hydrogen-bond acceptors (Lipinski definition) is 3. The lowest BCUT2D eigenvalue weighted by molar-refractivity contribution is 0.623. The average molecular weight is 730 g/mol. The van der Waals surface area contributed by atoms with E-state index in [-0.39, 0.29) is 0 Å². The minimum atomic E-state index is 0.631. The van der Waals surface area contributed by atoms with Crippen LogP contribution in [0.4, 0.5) is 17.1 Å². The first kappa shape index (κ1) is 32.7. The third-order valence-electron chi connectivity index (χ3n) is 11.0. The zero-order valence-corrected chi connectivity index (χ0v) is 31.0. The maximum Gasteiger partial charge on any atom is 0.227 e. The third-order valence-corrected chi connectivity index (χ3v) is 11.0. The van der Waals surface area contributed by atoms with Gasteiger partial charge in [-0.2, -0.15) is 0 Å². The molecule has 0 amide bonds. The van der Waals surface area contributed by atoms with E-state index in [2.05, 4.69) is 185 Å². The van der Waals surface area contributed by atoms with Gasteiger partial charge in [0, 0.05) is 38.8 Å². The van der Waals surface area contributed by atoms with E-state index in [9.17, 15) is 0 Å². The molecule has 0 radical (unpaired) electrons. The number of anilines is 3. The van der Waals surface area contributed by atoms with Gasteiger partial charge >= 0.3 is 0 Å². The summed E-state index contributed by atoms with van der Waals surface area (Å²) < 4.78 is 8.80. The Morgan fingerprint density at radius 3 is 1.70 bits per heavy atom. The molecule has 0 N–H and O–H groups in total. The summed E-state index contributed by atoms with van der Waals surface area (Å²) in [5, 5.41) is 4.57. The smallest absolute Gasteiger partial charge is 0.227 e. The molecular formula is C53H35N3O. The van der Waals surface area contributed by atoms with Crippen molar-refractivity contribution in [3.63, 3.8) is 0 Å². The minimum Gasteiger partial charge on any atom is -0.435 e. The van der Waals surface area contributed by atoms with Crippen LogP contribution in [0.5, 0.6) is 0 Å². The second-order valence-electron chi connectivity index (χ2n) is 14.4. The first-order valence-electron chi connectivity index (χ1n) is 19.3. The maximum absolute atomic E-state index is 6.42. The van der Waals surface area contributed by atoms with Crippen LogP contribution in [0.2, 0.25) is 0 Å². The van der Waals surface area contributed by atoms with Gasteiger partial charge in [0.25, 0.3) is 0 Å². The Balaban J connectivity index is 1.05. The van der Waals surface area contributed by atoms with Gasteiger partial charge in [-0.1, -0.05) is 133 Å². The van der Waals surface area contributed by atoms with E-state index in [1.165, 1.54) is 27.4 Å². The van der Waals surface area contributed by atoms with Gasteiger partial charge in [-0.15, -0.1) is 0 Å². The highest BCUT2D eigenvalue weighted by atomic mass is 16.3. The number of fused-ring (bicyclic) bond motifs is 6. The molecule has 0 saturated heterocycles. The zero-order chi connectivity index (χ0) is 37.7. The van der Waals surface area contributed by atoms with E-state index in [1.807, 2.05) is 36.4 Å². The highest BCUT2D eigenvalue weighted by Crippen LogP contribution is 2.44. The van der Waals surface area contributed by atoms with Crippen molar-refractivity contribution in [2.24, 2.45) is 0 Å². The van der Waals surface area contributed by atoms with Gasteiger partial charge in [0.1, 0.15) is 5.52 Å². The van der Waals surface area contributed by atoms with Crippen molar-refractivity contribution in [2.45, 2.75) is 0 Å². The molecule has 2 heterocycles. The topological polar surface area (TPSA) is 34.2 Å². The van der Waals surface area contributed by atoms with Gasteiger partial charge in [-0.05, 0) is 107 Å². The van der Waals surface area contributed by atoms with E-state index in [0.717, 1.165) is 66.8 Å². The van der Waals surface area contributed by atoms with Crippen molar-refractivity contribution in [3.8, 4) is 39.4 Å². The van der Waals surface area contributed by atoms with E-state index in [0.29, 0.717) is 5.89 Å². The first-order valence-corrected chi connectivity index (χ1v) is 19.3. The van der Waals surface area contributed by atoms with Crippen molar-refractivity contribution in [1.29, 1.82) is 0 Å². The minimum absolute atomic E-state index is 0.631. The summed E-state index contributed by atoms with van der Waals surface area (Å²) in [7, 11) is 0. The standard InChI is InChI=1S/C53H35N3O/c1-4-13-36(14-5-1)37-25-30-43(31-26-37)55(49-21-12-22-50-51(49)45-19-10-11-20-48(45)56(50)42-17-8-3-9-18-42)44-32-27-38(28-33-44)41-24-23-39-29-34-47-52(46(39)35-41)57-53(54-47)40-15-6-2-7-16-40/h1-35H. The Labute approximate surface area is 330 Å². The number of aromatic nitrogens is 2. The molecule has 0 fully saturated rings. The Morgan fingerprint density at radius 2 is 0.982 bits per heavy atom. The molecule has 0 spiro atoms. The van der Waals surface area contributed by atoms with Crippen LogP contribution in [-0.2, 0) is 0 Å². The summed E-state index contributed by atoms with van der Waals surface area (Å²) in [6.07, 6.45) is 0. The quantitative estimate of drug-likeness (QED) is 0.164. The number of para-hydroxylation sites is 2. The molecule has 4 nitrogen and oxygen atoms in total. The number of oxazole rings is 1. The van der Waals surface area contributed by atoms with Gasteiger partial charge in [0.2, 0.25) is 5.89 Å². The van der Waals surface area contributed by atoms with Crippen LogP contribution in [0.15, 0.2) is 217 Å². The first-order chi connectivity index (χ1) is 28.3. The SMILES string of the molecule is c1ccc(-c2ccc(N(c3ccc(-c4ccc5ccc6nc(-c7ccccc7)oc6c5c4)cc3)c3cccc4c3c3ccccc3n4-c3ccccc3)cc2)cc1. The van der Waals surface area contributed by atoms with Crippen LogP contribution in [0.3, 0.4) is 0 Å². The largest absolute Gasteiger partial charge is 0.435 e. The predicted octanol–water partition coefficient (Wildman–Crippen LogP) is 14.5. The molecule has 0 aliphatic heterocycles. The molecule has 11 aromatic rings. The van der Waals surface area contributed by atoms with Crippen molar-refractivity contribution in [2.75, 3.05) is 4.90 Å². The summed E-state index contributed by atoms with van der Waals surface area (Å²) in [6.45, 7) is 0. The van der Waals surface area contributed by atoms with Crippen molar-refractivity contribution < 1.29 is 4.42 Å². The molecule has 9 aromatic carbocycles. The molecule has 4 heteroatoms. The molecular weight excluding hydrogens is 695 g/mol. The molecule has 0 aliphatic carbocycles. The van der Waals surface area contributed by atoms with Crippen LogP contribution in [0.25, 0.3) is 83.1 Å². The van der Waals surface area contributed by atoms with Crippen molar-refractivity contribution in [3.05, 3.63) is 212 Å². The van der Waals surface area contributed by atoms with Crippen LogP contribution in [0.1, 0.15) is 0 Å². The number of hydrogen-bond donors (Lipinski definition) is 0. The molecule has 0 bridgehead atoms. The second-order valence-corrected chi connectivity index (χ2v) is 14.4. The average Bonchev–Trinajstić information content (AvgIpc) is 3.89. The molecule has 57 heavy (non-hydrogen) atoms. The molecule has 0 aliphatic rings. The number of rotatable bonds is 7. The number of nitrogens with zero attached hydrogens (tertiary/aromatic N) is 3. The van der Waals surface area contributed by atoms with Gasteiger partial charge < -0.3 is 13.9 Å². The van der Waals surface area contributed by atoms with Gasteiger partial charge in [0.15, 0.2) is 5.58 Å². The Bertz CT molecular complexity index is 3200. The molecule has 0 atom stereocenters. The fourth-order valence-electron chi connectivity index (χ4n) is 8.29. The fourth-order valence-corrected chi connectivity index (χ4v) is 8.29.